The molecule has 0 saturated heterocycles. The maximum Gasteiger partial charge on any atom is 0.170 e. The Morgan fingerprint density at radius 3 is 2.06 bits per heavy atom. The predicted molar refractivity (Wildman–Crippen MR) is 136 cm³/mol. The van der Waals surface area contributed by atoms with E-state index in [4.69, 9.17) is 18.9 Å². The molecule has 0 spiro atoms. The lowest BCUT2D eigenvalue weighted by atomic mass is 9.96. The van der Waals surface area contributed by atoms with Crippen LogP contribution in [-0.2, 0) is 6.61 Å². The summed E-state index contributed by atoms with van der Waals surface area (Å²) in [7, 11) is 3.05. The molecular formula is C29H28O6. The fourth-order valence-electron chi connectivity index (χ4n) is 3.92. The zero-order chi connectivity index (χ0) is 24.8. The lowest BCUT2D eigenvalue weighted by Crippen LogP contribution is -2.00. The Morgan fingerprint density at radius 1 is 0.686 bits per heavy atom. The minimum Gasteiger partial charge on any atom is -0.508 e. The molecule has 6 nitrogen and oxygen atoms in total. The average Bonchev–Trinajstić information content (AvgIpc) is 2.88. The Balaban J connectivity index is 1.76. The molecule has 0 aliphatic heterocycles. The number of benzene rings is 4. The smallest absolute Gasteiger partial charge is 0.170 e. The standard InChI is InChI=1S/C29H28O6/c1-4-34-25-16-21(12-15-24(25)35-18-19-8-6-5-7-9-19)27-26(32-2)17-23(29(33-3)28(27)31)20-10-13-22(30)14-11-20/h5-17,30-31H,4,18H2,1-3H3. The molecular weight excluding hydrogens is 444 g/mol. The van der Waals surface area contributed by atoms with Gasteiger partial charge in [0, 0.05) is 5.56 Å². The summed E-state index contributed by atoms with van der Waals surface area (Å²) in [5, 5.41) is 20.9. The summed E-state index contributed by atoms with van der Waals surface area (Å²) in [4.78, 5) is 0. The van der Waals surface area contributed by atoms with Gasteiger partial charge < -0.3 is 29.2 Å². The van der Waals surface area contributed by atoms with Gasteiger partial charge >= 0.3 is 0 Å². The van der Waals surface area contributed by atoms with Crippen molar-refractivity contribution in [2.45, 2.75) is 13.5 Å². The molecule has 0 saturated carbocycles. The molecule has 6 heteroatoms. The van der Waals surface area contributed by atoms with Gasteiger partial charge in [-0.3, -0.25) is 0 Å². The number of hydrogen-bond donors (Lipinski definition) is 2. The van der Waals surface area contributed by atoms with E-state index >= 15 is 0 Å². The van der Waals surface area contributed by atoms with Gasteiger partial charge in [-0.25, -0.2) is 0 Å². The first-order valence-electron chi connectivity index (χ1n) is 11.3. The quantitative estimate of drug-likeness (QED) is 0.292. The van der Waals surface area contributed by atoms with Gasteiger partial charge in [-0.15, -0.1) is 0 Å². The molecule has 0 aliphatic rings. The highest BCUT2D eigenvalue weighted by atomic mass is 16.5. The molecule has 4 aromatic rings. The second-order valence-corrected chi connectivity index (χ2v) is 7.80. The highest BCUT2D eigenvalue weighted by Crippen LogP contribution is 2.50. The first kappa shape index (κ1) is 23.8. The molecule has 0 heterocycles. The molecule has 0 radical (unpaired) electrons. The Hall–Kier alpha value is -4.32. The molecule has 0 amide bonds. The van der Waals surface area contributed by atoms with E-state index in [-0.39, 0.29) is 11.5 Å². The Labute approximate surface area is 204 Å². The van der Waals surface area contributed by atoms with Gasteiger partial charge in [-0.1, -0.05) is 48.5 Å². The summed E-state index contributed by atoms with van der Waals surface area (Å²) in [5.74, 6) is 2.02. The van der Waals surface area contributed by atoms with Crippen LogP contribution in [0.25, 0.3) is 22.3 Å². The van der Waals surface area contributed by atoms with E-state index < -0.39 is 0 Å². The molecule has 4 aromatic carbocycles. The van der Waals surface area contributed by atoms with Crippen molar-refractivity contribution in [3.8, 4) is 56.8 Å². The Bertz CT molecular complexity index is 1280. The van der Waals surface area contributed by atoms with Gasteiger partial charge in [0.15, 0.2) is 23.0 Å². The second kappa shape index (κ2) is 10.7. The van der Waals surface area contributed by atoms with E-state index in [0.717, 1.165) is 11.1 Å². The highest BCUT2D eigenvalue weighted by molar-refractivity contribution is 5.88. The van der Waals surface area contributed by atoms with Gasteiger partial charge in [0.2, 0.25) is 0 Å². The molecule has 0 atom stereocenters. The number of aromatic hydroxyl groups is 2. The Kier molecular flexibility index (Phi) is 7.31. The van der Waals surface area contributed by atoms with E-state index in [1.165, 1.54) is 7.11 Å². The zero-order valence-corrected chi connectivity index (χ0v) is 19.9. The highest BCUT2D eigenvalue weighted by Gasteiger charge is 2.23. The van der Waals surface area contributed by atoms with E-state index in [0.29, 0.717) is 52.9 Å². The SMILES string of the molecule is CCOc1cc(-c2c(OC)cc(-c3ccc(O)cc3)c(OC)c2O)ccc1OCc1ccccc1. The van der Waals surface area contributed by atoms with Gasteiger partial charge in [0.05, 0.1) is 26.4 Å². The molecule has 35 heavy (non-hydrogen) atoms. The van der Waals surface area contributed by atoms with E-state index in [1.807, 2.05) is 55.5 Å². The summed E-state index contributed by atoms with van der Waals surface area (Å²) in [5.41, 5.74) is 3.61. The third kappa shape index (κ3) is 5.11. The number of hydrogen-bond acceptors (Lipinski definition) is 6. The van der Waals surface area contributed by atoms with Crippen LogP contribution in [0.2, 0.25) is 0 Å². The van der Waals surface area contributed by atoms with Crippen molar-refractivity contribution in [1.82, 2.24) is 0 Å². The topological polar surface area (TPSA) is 77.4 Å². The van der Waals surface area contributed by atoms with Gasteiger partial charge in [-0.05, 0) is 53.9 Å². The summed E-state index contributed by atoms with van der Waals surface area (Å²) in [6, 6.07) is 23.8. The number of rotatable bonds is 9. The lowest BCUT2D eigenvalue weighted by Gasteiger charge is -2.19. The van der Waals surface area contributed by atoms with Gasteiger partial charge in [0.25, 0.3) is 0 Å². The van der Waals surface area contributed by atoms with Gasteiger partial charge in [-0.2, -0.15) is 0 Å². The minimum atomic E-state index is -0.0599. The summed E-state index contributed by atoms with van der Waals surface area (Å²) in [6.45, 7) is 2.77. The molecule has 0 fully saturated rings. The maximum atomic E-state index is 11.3. The fraction of sp³-hybridized carbons (Fsp3) is 0.172. The number of phenolic OH excluding ortho intramolecular Hbond substituents is 2. The lowest BCUT2D eigenvalue weighted by molar-refractivity contribution is 0.269. The molecule has 0 unspecified atom stereocenters. The average molecular weight is 473 g/mol. The van der Waals surface area contributed by atoms with Crippen LogP contribution in [-0.4, -0.2) is 31.0 Å². The monoisotopic (exact) mass is 472 g/mol. The molecule has 4 rings (SSSR count). The second-order valence-electron chi connectivity index (χ2n) is 7.80. The van der Waals surface area contributed by atoms with Crippen LogP contribution in [0, 0.1) is 0 Å². The van der Waals surface area contributed by atoms with E-state index in [9.17, 15) is 10.2 Å². The van der Waals surface area contributed by atoms with E-state index in [2.05, 4.69) is 0 Å². The fourth-order valence-corrected chi connectivity index (χ4v) is 3.92. The van der Waals surface area contributed by atoms with Crippen molar-refractivity contribution in [1.29, 1.82) is 0 Å². The van der Waals surface area contributed by atoms with Crippen LogP contribution in [0.5, 0.6) is 34.5 Å². The zero-order valence-electron chi connectivity index (χ0n) is 19.9. The molecule has 2 N–H and O–H groups in total. The normalized spacial score (nSPS) is 10.6. The molecule has 0 bridgehead atoms. The van der Waals surface area contributed by atoms with Crippen LogP contribution < -0.4 is 18.9 Å². The van der Waals surface area contributed by atoms with Crippen molar-refractivity contribution >= 4 is 0 Å². The van der Waals surface area contributed by atoms with Crippen molar-refractivity contribution in [3.05, 3.63) is 84.4 Å². The van der Waals surface area contributed by atoms with Crippen LogP contribution in [0.1, 0.15) is 12.5 Å². The first-order chi connectivity index (χ1) is 17.0. The molecule has 0 aliphatic carbocycles. The number of methoxy groups -OCH3 is 2. The maximum absolute atomic E-state index is 11.3. The molecule has 0 aromatic heterocycles. The first-order valence-corrected chi connectivity index (χ1v) is 11.3. The molecule has 180 valence electrons. The van der Waals surface area contributed by atoms with Crippen LogP contribution in [0.15, 0.2) is 78.9 Å². The number of ether oxygens (including phenoxy) is 4. The van der Waals surface area contributed by atoms with Crippen LogP contribution >= 0.6 is 0 Å². The summed E-state index contributed by atoms with van der Waals surface area (Å²) in [6.07, 6.45) is 0. The minimum absolute atomic E-state index is 0.0599. The van der Waals surface area contributed by atoms with Crippen molar-refractivity contribution in [3.63, 3.8) is 0 Å². The summed E-state index contributed by atoms with van der Waals surface area (Å²) < 4.78 is 23.1. The third-order valence-electron chi connectivity index (χ3n) is 5.59. The predicted octanol–water partition coefficient (Wildman–Crippen LogP) is 6.43. The van der Waals surface area contributed by atoms with E-state index in [1.54, 1.807) is 37.4 Å². The number of phenols is 2. The van der Waals surface area contributed by atoms with Gasteiger partial charge in [0.1, 0.15) is 18.1 Å². The third-order valence-corrected chi connectivity index (χ3v) is 5.59. The van der Waals surface area contributed by atoms with Crippen molar-refractivity contribution in [2.75, 3.05) is 20.8 Å². The summed E-state index contributed by atoms with van der Waals surface area (Å²) >= 11 is 0. The van der Waals surface area contributed by atoms with Crippen LogP contribution in [0.3, 0.4) is 0 Å². The largest absolute Gasteiger partial charge is 0.508 e. The van der Waals surface area contributed by atoms with Crippen molar-refractivity contribution in [2.24, 2.45) is 0 Å². The van der Waals surface area contributed by atoms with Crippen molar-refractivity contribution < 1.29 is 29.2 Å². The van der Waals surface area contributed by atoms with Crippen LogP contribution in [0.4, 0.5) is 0 Å². The Morgan fingerprint density at radius 2 is 1.40 bits per heavy atom.